The Kier molecular flexibility index (Phi) is 5.04. The highest BCUT2D eigenvalue weighted by molar-refractivity contribution is 5.95. The summed E-state index contributed by atoms with van der Waals surface area (Å²) in [6, 6.07) is 4.10. The van der Waals surface area contributed by atoms with Crippen molar-refractivity contribution in [1.29, 1.82) is 0 Å². The van der Waals surface area contributed by atoms with Crippen LogP contribution in [-0.4, -0.2) is 46.2 Å². The Morgan fingerprint density at radius 3 is 2.70 bits per heavy atom. The van der Waals surface area contributed by atoms with Crippen LogP contribution in [-0.2, 0) is 4.79 Å². The molecule has 0 aromatic heterocycles. The van der Waals surface area contributed by atoms with Crippen molar-refractivity contribution in [3.8, 4) is 0 Å². The van der Waals surface area contributed by atoms with Gasteiger partial charge in [0, 0.05) is 18.7 Å². The average molecular weight is 323 g/mol. The second-order valence-electron chi connectivity index (χ2n) is 6.21. The molecule has 1 aliphatic heterocycles. The fraction of sp³-hybridized carbons (Fsp3) is 0.529. The Morgan fingerprint density at radius 2 is 2.13 bits per heavy atom. The highest BCUT2D eigenvalue weighted by Gasteiger charge is 2.49. The highest BCUT2D eigenvalue weighted by atomic mass is 19.1. The fourth-order valence-electron chi connectivity index (χ4n) is 3.22. The van der Waals surface area contributed by atoms with Gasteiger partial charge in [-0.05, 0) is 43.5 Å². The molecule has 2 N–H and O–H groups in total. The van der Waals surface area contributed by atoms with Gasteiger partial charge in [0.05, 0.1) is 6.10 Å². The molecule has 0 spiro atoms. The lowest BCUT2D eigenvalue weighted by molar-refractivity contribution is -0.162. The van der Waals surface area contributed by atoms with Crippen LogP contribution in [0.1, 0.15) is 42.1 Å². The number of hydrogen-bond acceptors (Lipinski definition) is 3. The van der Waals surface area contributed by atoms with Crippen LogP contribution in [0.25, 0.3) is 0 Å². The first-order valence-electron chi connectivity index (χ1n) is 7.78. The number of carboxylic acids is 1. The molecule has 0 unspecified atom stereocenters. The quantitative estimate of drug-likeness (QED) is 0.890. The van der Waals surface area contributed by atoms with Crippen LogP contribution in [0.3, 0.4) is 0 Å². The molecule has 126 valence electrons. The molecule has 5 nitrogen and oxygen atoms in total. The molecule has 1 heterocycles. The van der Waals surface area contributed by atoms with Crippen LogP contribution in [0, 0.1) is 18.2 Å². The molecular formula is C17H22FNO4. The minimum absolute atomic E-state index is 0.0351. The van der Waals surface area contributed by atoms with Crippen molar-refractivity contribution in [2.24, 2.45) is 5.41 Å². The second-order valence-corrected chi connectivity index (χ2v) is 6.21. The van der Waals surface area contributed by atoms with Crippen LogP contribution in [0.4, 0.5) is 4.39 Å². The Labute approximate surface area is 134 Å². The van der Waals surface area contributed by atoms with Crippen molar-refractivity contribution < 1.29 is 24.2 Å². The number of amides is 1. The molecule has 1 saturated heterocycles. The van der Waals surface area contributed by atoms with E-state index in [2.05, 4.69) is 0 Å². The number of aliphatic hydroxyl groups excluding tert-OH is 1. The maximum absolute atomic E-state index is 13.3. The van der Waals surface area contributed by atoms with Gasteiger partial charge in [-0.25, -0.2) is 4.39 Å². The third-order valence-corrected chi connectivity index (χ3v) is 4.60. The summed E-state index contributed by atoms with van der Waals surface area (Å²) < 4.78 is 13.3. The third-order valence-electron chi connectivity index (χ3n) is 4.60. The Morgan fingerprint density at radius 1 is 1.43 bits per heavy atom. The van der Waals surface area contributed by atoms with Crippen LogP contribution in [0.15, 0.2) is 18.2 Å². The molecule has 23 heavy (non-hydrogen) atoms. The van der Waals surface area contributed by atoms with Gasteiger partial charge < -0.3 is 15.1 Å². The zero-order valence-electron chi connectivity index (χ0n) is 13.4. The van der Waals surface area contributed by atoms with Crippen LogP contribution in [0.2, 0.25) is 0 Å². The molecule has 2 rings (SSSR count). The SMILES string of the molecule is CCC[C@@]1(C(=O)O)CN(C(=O)c2ccc(F)c(C)c2)CC[C@@H]1O. The number of piperidine rings is 1. The van der Waals surface area contributed by atoms with Crippen LogP contribution < -0.4 is 0 Å². The summed E-state index contributed by atoms with van der Waals surface area (Å²) in [5.74, 6) is -1.80. The van der Waals surface area contributed by atoms with Crippen molar-refractivity contribution in [2.75, 3.05) is 13.1 Å². The van der Waals surface area contributed by atoms with E-state index in [0.717, 1.165) is 0 Å². The first kappa shape index (κ1) is 17.4. The van der Waals surface area contributed by atoms with E-state index in [0.29, 0.717) is 24.0 Å². The number of aliphatic carboxylic acids is 1. The number of rotatable bonds is 4. The summed E-state index contributed by atoms with van der Waals surface area (Å²) in [4.78, 5) is 25.8. The van der Waals surface area contributed by atoms with Gasteiger partial charge in [0.15, 0.2) is 0 Å². The van der Waals surface area contributed by atoms with Gasteiger partial charge >= 0.3 is 5.97 Å². The number of carboxylic acid groups (broad SMARTS) is 1. The lowest BCUT2D eigenvalue weighted by Gasteiger charge is -2.43. The zero-order valence-corrected chi connectivity index (χ0v) is 13.4. The van der Waals surface area contributed by atoms with Crippen molar-refractivity contribution in [1.82, 2.24) is 4.90 Å². The maximum Gasteiger partial charge on any atom is 0.314 e. The van der Waals surface area contributed by atoms with Gasteiger partial charge in [0.1, 0.15) is 11.2 Å². The van der Waals surface area contributed by atoms with Gasteiger partial charge in [-0.15, -0.1) is 0 Å². The van der Waals surface area contributed by atoms with Crippen LogP contribution in [0.5, 0.6) is 0 Å². The van der Waals surface area contributed by atoms with Gasteiger partial charge in [-0.1, -0.05) is 13.3 Å². The Hall–Kier alpha value is -1.95. The molecule has 1 amide bonds. The standard InChI is InChI=1S/C17H22FNO4/c1-3-7-17(16(22)23)10-19(8-6-14(17)20)15(21)12-4-5-13(18)11(2)9-12/h4-5,9,14,20H,3,6-8,10H2,1-2H3,(H,22,23)/t14-,17+/m0/s1. The van der Waals surface area contributed by atoms with E-state index in [1.54, 1.807) is 6.92 Å². The van der Waals surface area contributed by atoms with E-state index in [9.17, 15) is 24.2 Å². The number of carbonyl (C=O) groups excluding carboxylic acids is 1. The number of nitrogens with zero attached hydrogens (tertiary/aromatic N) is 1. The minimum Gasteiger partial charge on any atom is -0.481 e. The number of likely N-dealkylation sites (tertiary alicyclic amines) is 1. The lowest BCUT2D eigenvalue weighted by Crippen LogP contribution is -2.57. The first-order valence-corrected chi connectivity index (χ1v) is 7.78. The summed E-state index contributed by atoms with van der Waals surface area (Å²) >= 11 is 0. The molecule has 2 atom stereocenters. The summed E-state index contributed by atoms with van der Waals surface area (Å²) in [6.07, 6.45) is 0.147. The summed E-state index contributed by atoms with van der Waals surface area (Å²) in [7, 11) is 0. The smallest absolute Gasteiger partial charge is 0.314 e. The number of benzene rings is 1. The van der Waals surface area contributed by atoms with Crippen molar-refractivity contribution in [2.45, 2.75) is 39.2 Å². The number of halogens is 1. The van der Waals surface area contributed by atoms with E-state index in [4.69, 9.17) is 0 Å². The number of aliphatic hydroxyl groups is 1. The van der Waals surface area contributed by atoms with Gasteiger partial charge in [-0.2, -0.15) is 0 Å². The summed E-state index contributed by atoms with van der Waals surface area (Å²) in [5.41, 5.74) is -0.639. The third kappa shape index (κ3) is 3.22. The molecule has 0 radical (unpaired) electrons. The highest BCUT2D eigenvalue weighted by Crippen LogP contribution is 2.36. The predicted octanol–water partition coefficient (Wildman–Crippen LogP) is 2.21. The predicted molar refractivity (Wildman–Crippen MR) is 82.6 cm³/mol. The van der Waals surface area contributed by atoms with Gasteiger partial charge in [0.2, 0.25) is 0 Å². The average Bonchev–Trinajstić information content (AvgIpc) is 2.51. The van der Waals surface area contributed by atoms with E-state index >= 15 is 0 Å². The summed E-state index contributed by atoms with van der Waals surface area (Å²) in [5, 5.41) is 19.8. The van der Waals surface area contributed by atoms with E-state index in [-0.39, 0.29) is 31.2 Å². The lowest BCUT2D eigenvalue weighted by atomic mass is 9.74. The first-order chi connectivity index (χ1) is 10.8. The monoisotopic (exact) mass is 323 g/mol. The normalized spacial score (nSPS) is 24.5. The van der Waals surface area contributed by atoms with Gasteiger partial charge in [-0.3, -0.25) is 9.59 Å². The van der Waals surface area contributed by atoms with Gasteiger partial charge in [0.25, 0.3) is 5.91 Å². The fourth-order valence-corrected chi connectivity index (χ4v) is 3.22. The van der Waals surface area contributed by atoms with Crippen molar-refractivity contribution in [3.63, 3.8) is 0 Å². The molecular weight excluding hydrogens is 301 g/mol. The molecule has 1 aromatic rings. The largest absolute Gasteiger partial charge is 0.481 e. The minimum atomic E-state index is -1.34. The molecule has 1 fully saturated rings. The van der Waals surface area contributed by atoms with Crippen molar-refractivity contribution >= 4 is 11.9 Å². The Bertz CT molecular complexity index is 619. The van der Waals surface area contributed by atoms with E-state index in [1.165, 1.54) is 23.1 Å². The summed E-state index contributed by atoms with van der Waals surface area (Å²) in [6.45, 7) is 3.67. The Balaban J connectivity index is 2.27. The second kappa shape index (κ2) is 6.66. The molecule has 0 bridgehead atoms. The van der Waals surface area contributed by atoms with E-state index in [1.807, 2.05) is 6.92 Å². The molecule has 1 aromatic carbocycles. The van der Waals surface area contributed by atoms with Crippen molar-refractivity contribution in [3.05, 3.63) is 35.1 Å². The molecule has 1 aliphatic rings. The van der Waals surface area contributed by atoms with Crippen LogP contribution >= 0.6 is 0 Å². The molecule has 0 saturated carbocycles. The molecule has 6 heteroatoms. The molecule has 0 aliphatic carbocycles. The number of aryl methyl sites for hydroxylation is 1. The van der Waals surface area contributed by atoms with E-state index < -0.39 is 17.5 Å². The number of hydrogen-bond donors (Lipinski definition) is 2. The topological polar surface area (TPSA) is 77.8 Å². The number of carbonyl (C=O) groups is 2. The zero-order chi connectivity index (χ0) is 17.2. The maximum atomic E-state index is 13.3.